The Labute approximate surface area is 142 Å². The molecule has 0 unspecified atom stereocenters. The maximum Gasteiger partial charge on any atom is 0.151 e. The molecule has 3 nitrogen and oxygen atoms in total. The van der Waals surface area contributed by atoms with Gasteiger partial charge in [0, 0.05) is 18.5 Å². The number of hydrogen-bond acceptors (Lipinski definition) is 3. The molecule has 24 heavy (non-hydrogen) atoms. The maximum absolute atomic E-state index is 6.49. The first kappa shape index (κ1) is 15.2. The van der Waals surface area contributed by atoms with Crippen molar-refractivity contribution in [3.05, 3.63) is 78.4 Å². The predicted octanol–water partition coefficient (Wildman–Crippen LogP) is 3.95. The Bertz CT molecular complexity index is 792. The van der Waals surface area contributed by atoms with Crippen molar-refractivity contribution in [2.24, 2.45) is 0 Å². The van der Waals surface area contributed by atoms with Gasteiger partial charge in [-0.1, -0.05) is 66.7 Å². The van der Waals surface area contributed by atoms with Crippen molar-refractivity contribution >= 4 is 10.8 Å². The molecule has 3 aromatic rings. The SMILES string of the molecule is c1ccc([C@H](Oc2cccc3ccccc23)[C@@H]2CNCCO2)cc1. The smallest absolute Gasteiger partial charge is 0.151 e. The molecule has 0 amide bonds. The van der Waals surface area contributed by atoms with E-state index >= 15 is 0 Å². The minimum atomic E-state index is -0.134. The van der Waals surface area contributed by atoms with Gasteiger partial charge in [-0.2, -0.15) is 0 Å². The van der Waals surface area contributed by atoms with E-state index in [0.717, 1.165) is 29.8 Å². The fraction of sp³-hybridized carbons (Fsp3) is 0.238. The van der Waals surface area contributed by atoms with E-state index in [9.17, 15) is 0 Å². The molecular formula is C21H21NO2. The van der Waals surface area contributed by atoms with Gasteiger partial charge in [0.15, 0.2) is 6.10 Å². The Morgan fingerprint density at radius 2 is 1.71 bits per heavy atom. The summed E-state index contributed by atoms with van der Waals surface area (Å²) in [4.78, 5) is 0. The van der Waals surface area contributed by atoms with Crippen LogP contribution in [-0.2, 0) is 4.74 Å². The largest absolute Gasteiger partial charge is 0.482 e. The summed E-state index contributed by atoms with van der Waals surface area (Å²) in [6, 6.07) is 24.8. The van der Waals surface area contributed by atoms with Crippen molar-refractivity contribution < 1.29 is 9.47 Å². The van der Waals surface area contributed by atoms with Crippen LogP contribution in [0.25, 0.3) is 10.8 Å². The lowest BCUT2D eigenvalue weighted by Gasteiger charge is -2.32. The third-order valence-electron chi connectivity index (χ3n) is 4.43. The zero-order valence-corrected chi connectivity index (χ0v) is 13.5. The van der Waals surface area contributed by atoms with Gasteiger partial charge in [-0.3, -0.25) is 0 Å². The molecule has 122 valence electrons. The van der Waals surface area contributed by atoms with Crippen molar-refractivity contribution in [2.75, 3.05) is 19.7 Å². The first-order chi connectivity index (χ1) is 11.9. The van der Waals surface area contributed by atoms with Gasteiger partial charge in [0.1, 0.15) is 11.9 Å². The van der Waals surface area contributed by atoms with E-state index in [1.54, 1.807) is 0 Å². The first-order valence-electron chi connectivity index (χ1n) is 8.43. The molecular weight excluding hydrogens is 298 g/mol. The van der Waals surface area contributed by atoms with Crippen LogP contribution in [0.3, 0.4) is 0 Å². The van der Waals surface area contributed by atoms with Crippen LogP contribution in [0.2, 0.25) is 0 Å². The highest BCUT2D eigenvalue weighted by Gasteiger charge is 2.28. The highest BCUT2D eigenvalue weighted by Crippen LogP contribution is 2.32. The van der Waals surface area contributed by atoms with Crippen LogP contribution in [0.5, 0.6) is 5.75 Å². The van der Waals surface area contributed by atoms with Crippen LogP contribution >= 0.6 is 0 Å². The van der Waals surface area contributed by atoms with Crippen LogP contribution in [0.15, 0.2) is 72.8 Å². The van der Waals surface area contributed by atoms with Crippen LogP contribution in [0.4, 0.5) is 0 Å². The summed E-state index contributed by atoms with van der Waals surface area (Å²) >= 11 is 0. The lowest BCUT2D eigenvalue weighted by Crippen LogP contribution is -2.43. The van der Waals surface area contributed by atoms with Crippen LogP contribution in [0, 0.1) is 0 Å². The predicted molar refractivity (Wildman–Crippen MR) is 96.4 cm³/mol. The number of nitrogens with one attached hydrogen (secondary N) is 1. The summed E-state index contributed by atoms with van der Waals surface area (Å²) in [6.45, 7) is 2.41. The fourth-order valence-electron chi connectivity index (χ4n) is 3.22. The molecule has 1 fully saturated rings. The van der Waals surface area contributed by atoms with Gasteiger partial charge >= 0.3 is 0 Å². The summed E-state index contributed by atoms with van der Waals surface area (Å²) in [6.07, 6.45) is -0.134. The standard InChI is InChI=1S/C21H21NO2/c1-2-8-17(9-3-1)21(20-15-22-13-14-23-20)24-19-12-6-10-16-7-4-5-11-18(16)19/h1-12,20-22H,13-15H2/t20-,21-/m0/s1. The molecule has 0 aliphatic carbocycles. The zero-order valence-electron chi connectivity index (χ0n) is 13.5. The average Bonchev–Trinajstić information content (AvgIpc) is 2.67. The monoisotopic (exact) mass is 319 g/mol. The minimum Gasteiger partial charge on any atom is -0.482 e. The van der Waals surface area contributed by atoms with E-state index in [1.165, 1.54) is 5.39 Å². The molecule has 0 aromatic heterocycles. The number of fused-ring (bicyclic) bond motifs is 1. The third-order valence-corrected chi connectivity index (χ3v) is 4.43. The molecule has 3 aromatic carbocycles. The molecule has 0 bridgehead atoms. The fourth-order valence-corrected chi connectivity index (χ4v) is 3.22. The number of hydrogen-bond donors (Lipinski definition) is 1. The van der Waals surface area contributed by atoms with Gasteiger partial charge < -0.3 is 14.8 Å². The highest BCUT2D eigenvalue weighted by molar-refractivity contribution is 5.88. The van der Waals surface area contributed by atoms with Crippen molar-refractivity contribution in [2.45, 2.75) is 12.2 Å². The normalized spacial score (nSPS) is 19.1. The molecule has 1 N–H and O–H groups in total. The average molecular weight is 319 g/mol. The lowest BCUT2D eigenvalue weighted by molar-refractivity contribution is -0.0427. The number of ether oxygens (including phenoxy) is 2. The van der Waals surface area contributed by atoms with Gasteiger partial charge in [-0.15, -0.1) is 0 Å². The van der Waals surface area contributed by atoms with Crippen molar-refractivity contribution in [1.29, 1.82) is 0 Å². The summed E-state index contributed by atoms with van der Waals surface area (Å²) < 4.78 is 12.5. The minimum absolute atomic E-state index is 0.000110. The zero-order chi connectivity index (χ0) is 16.2. The molecule has 1 saturated heterocycles. The first-order valence-corrected chi connectivity index (χ1v) is 8.43. The Balaban J connectivity index is 1.70. The Morgan fingerprint density at radius 1 is 0.917 bits per heavy atom. The quantitative estimate of drug-likeness (QED) is 0.790. The third kappa shape index (κ3) is 3.14. The summed E-state index contributed by atoms with van der Waals surface area (Å²) in [7, 11) is 0. The van der Waals surface area contributed by atoms with Gasteiger partial charge in [0.25, 0.3) is 0 Å². The molecule has 4 rings (SSSR count). The van der Waals surface area contributed by atoms with Gasteiger partial charge in [-0.25, -0.2) is 0 Å². The van der Waals surface area contributed by atoms with Crippen LogP contribution in [-0.4, -0.2) is 25.8 Å². The van der Waals surface area contributed by atoms with Crippen LogP contribution in [0.1, 0.15) is 11.7 Å². The lowest BCUT2D eigenvalue weighted by atomic mass is 10.0. The summed E-state index contributed by atoms with van der Waals surface area (Å²) in [5.74, 6) is 0.899. The second-order valence-electron chi connectivity index (χ2n) is 6.04. The molecule has 1 heterocycles. The summed E-state index contributed by atoms with van der Waals surface area (Å²) in [5.41, 5.74) is 1.14. The van der Waals surface area contributed by atoms with E-state index in [-0.39, 0.29) is 12.2 Å². The van der Waals surface area contributed by atoms with E-state index in [2.05, 4.69) is 41.7 Å². The van der Waals surface area contributed by atoms with Gasteiger partial charge in [-0.05, 0) is 17.0 Å². The second-order valence-corrected chi connectivity index (χ2v) is 6.04. The maximum atomic E-state index is 6.49. The molecule has 3 heteroatoms. The van der Waals surface area contributed by atoms with E-state index < -0.39 is 0 Å². The molecule has 1 aliphatic heterocycles. The van der Waals surface area contributed by atoms with Crippen molar-refractivity contribution in [3.8, 4) is 5.75 Å². The van der Waals surface area contributed by atoms with Crippen molar-refractivity contribution in [3.63, 3.8) is 0 Å². The van der Waals surface area contributed by atoms with E-state index in [4.69, 9.17) is 9.47 Å². The van der Waals surface area contributed by atoms with E-state index in [0.29, 0.717) is 6.61 Å². The molecule has 0 spiro atoms. The summed E-state index contributed by atoms with van der Waals surface area (Å²) in [5, 5.41) is 5.72. The van der Waals surface area contributed by atoms with E-state index in [1.807, 2.05) is 36.4 Å². The Kier molecular flexibility index (Phi) is 4.45. The molecule has 0 saturated carbocycles. The highest BCUT2D eigenvalue weighted by atomic mass is 16.5. The number of morpholine rings is 1. The van der Waals surface area contributed by atoms with Crippen LogP contribution < -0.4 is 10.1 Å². The topological polar surface area (TPSA) is 30.5 Å². The van der Waals surface area contributed by atoms with Crippen molar-refractivity contribution in [1.82, 2.24) is 5.32 Å². The second kappa shape index (κ2) is 7.04. The number of benzene rings is 3. The molecule has 2 atom stereocenters. The van der Waals surface area contributed by atoms with Gasteiger partial charge in [0.2, 0.25) is 0 Å². The molecule has 1 aliphatic rings. The van der Waals surface area contributed by atoms with Gasteiger partial charge in [0.05, 0.1) is 6.61 Å². The Hall–Kier alpha value is -2.36. The number of rotatable bonds is 4. The molecule has 0 radical (unpaired) electrons. The Morgan fingerprint density at radius 3 is 2.54 bits per heavy atom.